The van der Waals surface area contributed by atoms with Gasteiger partial charge in [-0.25, -0.2) is 4.79 Å². The van der Waals surface area contributed by atoms with E-state index in [9.17, 15) is 14.7 Å². The summed E-state index contributed by atoms with van der Waals surface area (Å²) in [4.78, 5) is 21.9. The molecule has 0 bridgehead atoms. The molecule has 0 saturated carbocycles. The van der Waals surface area contributed by atoms with Crippen molar-refractivity contribution in [1.29, 1.82) is 0 Å². The number of hydrogen-bond acceptors (Lipinski definition) is 3. The van der Waals surface area contributed by atoms with Crippen LogP contribution in [0, 0.1) is 0 Å². The number of Topliss-reactive ketones (excluding diaryl/α,β-unsaturated/α-hetero) is 1. The van der Waals surface area contributed by atoms with Crippen molar-refractivity contribution in [3.63, 3.8) is 0 Å². The maximum Gasteiger partial charge on any atom is 0.377 e. The summed E-state index contributed by atoms with van der Waals surface area (Å²) in [7, 11) is 0. The van der Waals surface area contributed by atoms with Gasteiger partial charge in [0.2, 0.25) is 0 Å². The molecule has 0 heterocycles. The first-order valence-electron chi connectivity index (χ1n) is 4.69. The second-order valence-electron chi connectivity index (χ2n) is 3.50. The fraction of sp³-hybridized carbons (Fsp3) is 0. The molecule has 0 aliphatic carbocycles. The highest BCUT2D eigenvalue weighted by Crippen LogP contribution is 2.27. The summed E-state index contributed by atoms with van der Waals surface area (Å²) in [6, 6.07) is 7.55. The molecule has 0 radical (unpaired) electrons. The number of aliphatic carboxylic acids is 1. The third-order valence-electron chi connectivity index (χ3n) is 2.36. The number of carboxylic acid groups (broad SMARTS) is 1. The van der Waals surface area contributed by atoms with Crippen LogP contribution in [-0.2, 0) is 4.79 Å². The molecule has 0 aromatic heterocycles. The largest absolute Gasteiger partial charge is 0.507 e. The maximum atomic E-state index is 11.3. The summed E-state index contributed by atoms with van der Waals surface area (Å²) < 4.78 is 0. The van der Waals surface area contributed by atoms with Gasteiger partial charge in [0.1, 0.15) is 5.75 Å². The van der Waals surface area contributed by atoms with Gasteiger partial charge >= 0.3 is 5.97 Å². The van der Waals surface area contributed by atoms with Crippen molar-refractivity contribution in [2.24, 2.45) is 0 Å². The molecule has 2 aromatic rings. The van der Waals surface area contributed by atoms with Crippen molar-refractivity contribution in [2.45, 2.75) is 0 Å². The molecule has 2 aromatic carbocycles. The van der Waals surface area contributed by atoms with Crippen LogP contribution in [0.5, 0.6) is 5.75 Å². The first kappa shape index (κ1) is 11.4. The average molecular weight is 251 g/mol. The Hall–Kier alpha value is -2.07. The number of phenolic OH excluding ortho intramolecular Hbond substituents is 1. The van der Waals surface area contributed by atoms with E-state index in [-0.39, 0.29) is 11.3 Å². The quantitative estimate of drug-likeness (QED) is 0.634. The van der Waals surface area contributed by atoms with Crippen LogP contribution in [0.1, 0.15) is 10.4 Å². The third-order valence-corrected chi connectivity index (χ3v) is 2.59. The number of carbonyl (C=O) groups is 2. The standard InChI is InChI=1S/C12H7ClO4/c13-8-2-1-6-5-10(14)9(4-7(6)3-8)11(15)12(16)17/h1-5,14H,(H,16,17). The summed E-state index contributed by atoms with van der Waals surface area (Å²) in [5, 5.41) is 19.9. The Morgan fingerprint density at radius 3 is 2.41 bits per heavy atom. The first-order chi connectivity index (χ1) is 7.99. The van der Waals surface area contributed by atoms with Crippen molar-refractivity contribution in [1.82, 2.24) is 0 Å². The van der Waals surface area contributed by atoms with Gasteiger partial charge in [-0.1, -0.05) is 17.7 Å². The van der Waals surface area contributed by atoms with E-state index in [0.29, 0.717) is 15.8 Å². The Kier molecular flexibility index (Phi) is 2.73. The minimum atomic E-state index is -1.61. The van der Waals surface area contributed by atoms with Crippen LogP contribution in [0.2, 0.25) is 5.02 Å². The number of halogens is 1. The molecule has 0 aliphatic rings. The number of rotatable bonds is 2. The van der Waals surface area contributed by atoms with Gasteiger partial charge in [-0.3, -0.25) is 4.79 Å². The zero-order valence-electron chi connectivity index (χ0n) is 8.48. The lowest BCUT2D eigenvalue weighted by Crippen LogP contribution is -2.12. The molecule has 0 unspecified atom stereocenters. The van der Waals surface area contributed by atoms with Crippen LogP contribution in [-0.4, -0.2) is 22.0 Å². The van der Waals surface area contributed by atoms with Crippen LogP contribution >= 0.6 is 11.6 Å². The second-order valence-corrected chi connectivity index (χ2v) is 3.93. The van der Waals surface area contributed by atoms with E-state index in [2.05, 4.69) is 0 Å². The lowest BCUT2D eigenvalue weighted by molar-refractivity contribution is -0.131. The van der Waals surface area contributed by atoms with Gasteiger partial charge in [-0.05, 0) is 35.0 Å². The molecule has 2 N–H and O–H groups in total. The summed E-state index contributed by atoms with van der Waals surface area (Å²) in [5.74, 6) is -3.11. The third kappa shape index (κ3) is 2.07. The highest BCUT2D eigenvalue weighted by molar-refractivity contribution is 6.41. The van der Waals surface area contributed by atoms with E-state index in [1.54, 1.807) is 18.2 Å². The molecule has 2 rings (SSSR count). The molecule has 17 heavy (non-hydrogen) atoms. The van der Waals surface area contributed by atoms with Gasteiger partial charge in [0, 0.05) is 5.02 Å². The summed E-state index contributed by atoms with van der Waals surface area (Å²) >= 11 is 5.79. The summed E-state index contributed by atoms with van der Waals surface area (Å²) in [6.45, 7) is 0. The van der Waals surface area contributed by atoms with Crippen LogP contribution in [0.25, 0.3) is 10.8 Å². The molecule has 0 fully saturated rings. The summed E-state index contributed by atoms with van der Waals surface area (Å²) in [5.41, 5.74) is -0.243. The fourth-order valence-electron chi connectivity index (χ4n) is 1.55. The Morgan fingerprint density at radius 2 is 1.76 bits per heavy atom. The minimum Gasteiger partial charge on any atom is -0.507 e. The number of fused-ring (bicyclic) bond motifs is 1. The molecular formula is C12H7ClO4. The van der Waals surface area contributed by atoms with Gasteiger partial charge in [-0.2, -0.15) is 0 Å². The number of carbonyl (C=O) groups excluding carboxylic acids is 1. The van der Waals surface area contributed by atoms with E-state index < -0.39 is 11.8 Å². The lowest BCUT2D eigenvalue weighted by atomic mass is 10.0. The summed E-state index contributed by atoms with van der Waals surface area (Å²) in [6.07, 6.45) is 0. The molecule has 0 saturated heterocycles. The number of carboxylic acids is 1. The topological polar surface area (TPSA) is 74.6 Å². The van der Waals surface area contributed by atoms with E-state index in [1.165, 1.54) is 12.1 Å². The predicted molar refractivity (Wildman–Crippen MR) is 62.6 cm³/mol. The monoisotopic (exact) mass is 250 g/mol. The van der Waals surface area contributed by atoms with Crippen molar-refractivity contribution in [3.8, 4) is 5.75 Å². The predicted octanol–water partition coefficient (Wildman–Crippen LogP) is 2.47. The molecule has 4 nitrogen and oxygen atoms in total. The van der Waals surface area contributed by atoms with Crippen LogP contribution in [0.15, 0.2) is 30.3 Å². The van der Waals surface area contributed by atoms with Crippen molar-refractivity contribution >= 4 is 34.1 Å². The zero-order chi connectivity index (χ0) is 12.6. The highest BCUT2D eigenvalue weighted by Gasteiger charge is 2.19. The molecule has 86 valence electrons. The molecule has 0 spiro atoms. The number of aromatic hydroxyl groups is 1. The maximum absolute atomic E-state index is 11.3. The normalized spacial score (nSPS) is 10.4. The first-order valence-corrected chi connectivity index (χ1v) is 5.07. The average Bonchev–Trinajstić information content (AvgIpc) is 2.27. The zero-order valence-corrected chi connectivity index (χ0v) is 9.23. The van der Waals surface area contributed by atoms with E-state index >= 15 is 0 Å². The Labute approximate surface area is 101 Å². The number of phenols is 1. The van der Waals surface area contributed by atoms with Gasteiger partial charge in [0.05, 0.1) is 5.56 Å². The molecule has 5 heteroatoms. The van der Waals surface area contributed by atoms with Gasteiger partial charge in [0.15, 0.2) is 0 Å². The highest BCUT2D eigenvalue weighted by atomic mass is 35.5. The molecule has 0 aliphatic heterocycles. The van der Waals surface area contributed by atoms with Gasteiger partial charge in [-0.15, -0.1) is 0 Å². The van der Waals surface area contributed by atoms with E-state index in [4.69, 9.17) is 16.7 Å². The van der Waals surface area contributed by atoms with E-state index in [0.717, 1.165) is 0 Å². The fourth-order valence-corrected chi connectivity index (χ4v) is 1.73. The molecular weight excluding hydrogens is 244 g/mol. The van der Waals surface area contributed by atoms with Crippen molar-refractivity contribution in [3.05, 3.63) is 40.9 Å². The minimum absolute atomic E-state index is 0.243. The number of benzene rings is 2. The van der Waals surface area contributed by atoms with E-state index in [1.807, 2.05) is 0 Å². The smallest absolute Gasteiger partial charge is 0.377 e. The Bertz CT molecular complexity index is 634. The second kappa shape index (κ2) is 4.07. The van der Waals surface area contributed by atoms with Crippen LogP contribution in [0.3, 0.4) is 0 Å². The Morgan fingerprint density at radius 1 is 1.06 bits per heavy atom. The lowest BCUT2D eigenvalue weighted by Gasteiger charge is -2.04. The SMILES string of the molecule is O=C(O)C(=O)c1cc2cc(Cl)ccc2cc1O. The van der Waals surface area contributed by atoms with Gasteiger partial charge in [0.25, 0.3) is 5.78 Å². The van der Waals surface area contributed by atoms with Crippen molar-refractivity contribution < 1.29 is 19.8 Å². The number of ketones is 1. The van der Waals surface area contributed by atoms with Crippen LogP contribution < -0.4 is 0 Å². The number of hydrogen-bond donors (Lipinski definition) is 2. The Balaban J connectivity index is 2.69. The van der Waals surface area contributed by atoms with Gasteiger partial charge < -0.3 is 10.2 Å². The van der Waals surface area contributed by atoms with Crippen LogP contribution in [0.4, 0.5) is 0 Å². The molecule has 0 amide bonds. The van der Waals surface area contributed by atoms with Crippen molar-refractivity contribution in [2.75, 3.05) is 0 Å². The molecule has 0 atom stereocenters.